The van der Waals surface area contributed by atoms with Crippen molar-refractivity contribution >= 4 is 0 Å². The maximum absolute atomic E-state index is 5.24. The van der Waals surface area contributed by atoms with Crippen molar-refractivity contribution in [1.82, 2.24) is 20.4 Å². The highest BCUT2D eigenvalue weighted by Crippen LogP contribution is 2.18. The average molecular weight is 266 g/mol. The summed E-state index contributed by atoms with van der Waals surface area (Å²) in [5.41, 5.74) is 0. The van der Waals surface area contributed by atoms with Gasteiger partial charge in [0.2, 0.25) is 5.89 Å². The van der Waals surface area contributed by atoms with E-state index in [0.29, 0.717) is 5.92 Å². The summed E-state index contributed by atoms with van der Waals surface area (Å²) in [5.74, 6) is 2.71. The first kappa shape index (κ1) is 14.5. The van der Waals surface area contributed by atoms with Gasteiger partial charge in [-0.1, -0.05) is 25.9 Å². The number of likely N-dealkylation sites (tertiary alicyclic amines) is 1. The third kappa shape index (κ3) is 4.28. The van der Waals surface area contributed by atoms with E-state index in [4.69, 9.17) is 4.52 Å². The monoisotopic (exact) mass is 266 g/mol. The molecule has 1 fully saturated rings. The van der Waals surface area contributed by atoms with Crippen molar-refractivity contribution < 1.29 is 4.52 Å². The molecule has 5 heteroatoms. The van der Waals surface area contributed by atoms with Crippen LogP contribution < -0.4 is 5.32 Å². The van der Waals surface area contributed by atoms with Crippen molar-refractivity contribution in [1.29, 1.82) is 0 Å². The zero-order chi connectivity index (χ0) is 13.7. The number of aromatic nitrogens is 2. The summed E-state index contributed by atoms with van der Waals surface area (Å²) in [5, 5.41) is 7.50. The van der Waals surface area contributed by atoms with Crippen LogP contribution in [0.5, 0.6) is 0 Å². The van der Waals surface area contributed by atoms with Gasteiger partial charge in [0, 0.05) is 5.92 Å². The Labute approximate surface area is 115 Å². The standard InChI is InChI=1S/C14H26N4O/c1-4-15-9-12-5-7-18(8-6-12)10-13-16-14(11(2)3)19-17-13/h11-12,15H,4-10H2,1-3H3. The van der Waals surface area contributed by atoms with Gasteiger partial charge in [-0.3, -0.25) is 4.90 Å². The molecule has 5 nitrogen and oxygen atoms in total. The zero-order valence-corrected chi connectivity index (χ0v) is 12.4. The lowest BCUT2D eigenvalue weighted by Crippen LogP contribution is -2.37. The molecule has 0 bridgehead atoms. The molecule has 1 N–H and O–H groups in total. The molecule has 0 spiro atoms. The molecular formula is C14H26N4O. The highest BCUT2D eigenvalue weighted by molar-refractivity contribution is 4.91. The van der Waals surface area contributed by atoms with Gasteiger partial charge in [0.15, 0.2) is 5.82 Å². The normalized spacial score (nSPS) is 18.3. The maximum atomic E-state index is 5.24. The Morgan fingerprint density at radius 1 is 1.37 bits per heavy atom. The Balaban J connectivity index is 1.75. The van der Waals surface area contributed by atoms with Gasteiger partial charge in [-0.2, -0.15) is 4.98 Å². The van der Waals surface area contributed by atoms with Gasteiger partial charge in [0.1, 0.15) is 0 Å². The van der Waals surface area contributed by atoms with Gasteiger partial charge in [0.05, 0.1) is 6.54 Å². The first-order chi connectivity index (χ1) is 9.19. The van der Waals surface area contributed by atoms with E-state index < -0.39 is 0 Å². The summed E-state index contributed by atoms with van der Waals surface area (Å²) < 4.78 is 5.24. The van der Waals surface area contributed by atoms with Crippen LogP contribution in [0.3, 0.4) is 0 Å². The minimum absolute atomic E-state index is 0.312. The molecule has 0 aliphatic carbocycles. The molecule has 19 heavy (non-hydrogen) atoms. The number of piperidine rings is 1. The van der Waals surface area contributed by atoms with Gasteiger partial charge in [-0.05, 0) is 44.9 Å². The van der Waals surface area contributed by atoms with E-state index >= 15 is 0 Å². The average Bonchev–Trinajstić information content (AvgIpc) is 2.87. The molecule has 1 aromatic rings. The minimum Gasteiger partial charge on any atom is -0.339 e. The van der Waals surface area contributed by atoms with Crippen LogP contribution in [-0.2, 0) is 6.54 Å². The van der Waals surface area contributed by atoms with Crippen molar-refractivity contribution in [2.45, 2.75) is 46.1 Å². The van der Waals surface area contributed by atoms with E-state index in [1.807, 2.05) is 0 Å². The second-order valence-corrected chi connectivity index (χ2v) is 5.73. The molecule has 0 radical (unpaired) electrons. The summed E-state index contributed by atoms with van der Waals surface area (Å²) >= 11 is 0. The number of nitrogens with zero attached hydrogens (tertiary/aromatic N) is 3. The van der Waals surface area contributed by atoms with Gasteiger partial charge >= 0.3 is 0 Å². The van der Waals surface area contributed by atoms with Crippen LogP contribution in [0.2, 0.25) is 0 Å². The van der Waals surface area contributed by atoms with Gasteiger partial charge < -0.3 is 9.84 Å². The Morgan fingerprint density at radius 2 is 2.11 bits per heavy atom. The summed E-state index contributed by atoms with van der Waals surface area (Å²) in [6.45, 7) is 11.6. The van der Waals surface area contributed by atoms with Crippen LogP contribution in [-0.4, -0.2) is 41.2 Å². The fourth-order valence-electron chi connectivity index (χ4n) is 2.46. The Morgan fingerprint density at radius 3 is 2.68 bits per heavy atom. The van der Waals surface area contributed by atoms with Crippen LogP contribution in [0.25, 0.3) is 0 Å². The topological polar surface area (TPSA) is 54.2 Å². The first-order valence-electron chi connectivity index (χ1n) is 7.44. The van der Waals surface area contributed by atoms with Crippen LogP contribution in [0.1, 0.15) is 51.2 Å². The largest absolute Gasteiger partial charge is 0.339 e. The van der Waals surface area contributed by atoms with Gasteiger partial charge in [0.25, 0.3) is 0 Å². The van der Waals surface area contributed by atoms with E-state index in [9.17, 15) is 0 Å². The first-order valence-corrected chi connectivity index (χ1v) is 7.44. The van der Waals surface area contributed by atoms with E-state index in [1.165, 1.54) is 12.8 Å². The van der Waals surface area contributed by atoms with Crippen LogP contribution in [0.15, 0.2) is 4.52 Å². The van der Waals surface area contributed by atoms with Gasteiger partial charge in [-0.25, -0.2) is 0 Å². The second-order valence-electron chi connectivity index (χ2n) is 5.73. The molecule has 2 rings (SSSR count). The number of nitrogens with one attached hydrogen (secondary N) is 1. The lowest BCUT2D eigenvalue weighted by molar-refractivity contribution is 0.170. The molecular weight excluding hydrogens is 240 g/mol. The predicted octanol–water partition coefficient (Wildman–Crippen LogP) is 2.01. The van der Waals surface area contributed by atoms with Crippen molar-refractivity contribution in [3.8, 4) is 0 Å². The van der Waals surface area contributed by atoms with Crippen LogP contribution in [0.4, 0.5) is 0 Å². The summed E-state index contributed by atoms with van der Waals surface area (Å²) in [7, 11) is 0. The van der Waals surface area contributed by atoms with Crippen LogP contribution in [0, 0.1) is 5.92 Å². The SMILES string of the molecule is CCNCC1CCN(Cc2noc(C(C)C)n2)CC1. The molecule has 1 saturated heterocycles. The van der Waals surface area contributed by atoms with Crippen LogP contribution >= 0.6 is 0 Å². The van der Waals surface area contributed by atoms with Gasteiger partial charge in [-0.15, -0.1) is 0 Å². The highest BCUT2D eigenvalue weighted by atomic mass is 16.5. The molecule has 108 valence electrons. The Kier molecular flexibility index (Phi) is 5.34. The Bertz CT molecular complexity index is 369. The molecule has 0 aromatic carbocycles. The summed E-state index contributed by atoms with van der Waals surface area (Å²) in [4.78, 5) is 6.87. The molecule has 0 amide bonds. The Hall–Kier alpha value is -0.940. The predicted molar refractivity (Wildman–Crippen MR) is 74.9 cm³/mol. The zero-order valence-electron chi connectivity index (χ0n) is 12.4. The molecule has 0 unspecified atom stereocenters. The molecule has 1 aromatic heterocycles. The molecule has 2 heterocycles. The quantitative estimate of drug-likeness (QED) is 0.853. The van der Waals surface area contributed by atoms with Crippen molar-refractivity contribution in [2.75, 3.05) is 26.2 Å². The highest BCUT2D eigenvalue weighted by Gasteiger charge is 2.20. The smallest absolute Gasteiger partial charge is 0.229 e. The second kappa shape index (κ2) is 7.01. The molecule has 1 aliphatic rings. The lowest BCUT2D eigenvalue weighted by Gasteiger charge is -2.31. The van der Waals surface area contributed by atoms with E-state index in [0.717, 1.165) is 50.4 Å². The summed E-state index contributed by atoms with van der Waals surface area (Å²) in [6.07, 6.45) is 2.53. The van der Waals surface area contributed by atoms with E-state index in [-0.39, 0.29) is 0 Å². The van der Waals surface area contributed by atoms with E-state index in [1.54, 1.807) is 0 Å². The number of hydrogen-bond donors (Lipinski definition) is 1. The fourth-order valence-corrected chi connectivity index (χ4v) is 2.46. The minimum atomic E-state index is 0.312. The number of hydrogen-bond acceptors (Lipinski definition) is 5. The lowest BCUT2D eigenvalue weighted by atomic mass is 9.97. The maximum Gasteiger partial charge on any atom is 0.229 e. The van der Waals surface area contributed by atoms with Crippen molar-refractivity contribution in [3.05, 3.63) is 11.7 Å². The third-order valence-electron chi connectivity index (χ3n) is 3.73. The molecule has 0 atom stereocenters. The summed E-state index contributed by atoms with van der Waals surface area (Å²) in [6, 6.07) is 0. The third-order valence-corrected chi connectivity index (χ3v) is 3.73. The van der Waals surface area contributed by atoms with E-state index in [2.05, 4.69) is 41.1 Å². The van der Waals surface area contributed by atoms with Crippen molar-refractivity contribution in [3.63, 3.8) is 0 Å². The molecule has 0 saturated carbocycles. The fraction of sp³-hybridized carbons (Fsp3) is 0.857. The van der Waals surface area contributed by atoms with Crippen molar-refractivity contribution in [2.24, 2.45) is 5.92 Å². The number of rotatable bonds is 6. The molecule has 1 aliphatic heterocycles.